The molecule has 0 unspecified atom stereocenters. The van der Waals surface area contributed by atoms with Gasteiger partial charge in [0, 0.05) is 17.5 Å². The monoisotopic (exact) mass is 340 g/mol. The van der Waals surface area contributed by atoms with Crippen molar-refractivity contribution in [2.45, 2.75) is 39.5 Å². The van der Waals surface area contributed by atoms with Gasteiger partial charge in [-0.15, -0.1) is 10.2 Å². The van der Waals surface area contributed by atoms with E-state index < -0.39 is 0 Å². The molecule has 1 aromatic carbocycles. The first-order valence-electron chi connectivity index (χ1n) is 8.17. The molecule has 0 saturated carbocycles. The quantitative estimate of drug-likeness (QED) is 0.676. The van der Waals surface area contributed by atoms with E-state index in [-0.39, 0.29) is 5.91 Å². The molecule has 1 N–H and O–H groups in total. The van der Waals surface area contributed by atoms with Crippen LogP contribution in [0.15, 0.2) is 30.3 Å². The Morgan fingerprint density at radius 2 is 2.04 bits per heavy atom. The molecule has 0 aliphatic heterocycles. The summed E-state index contributed by atoms with van der Waals surface area (Å²) in [5, 5.41) is 13.5. The van der Waals surface area contributed by atoms with E-state index in [4.69, 9.17) is 0 Å². The molecule has 3 rings (SSSR count). The summed E-state index contributed by atoms with van der Waals surface area (Å²) in [7, 11) is 0. The van der Waals surface area contributed by atoms with E-state index in [9.17, 15) is 4.79 Å². The summed E-state index contributed by atoms with van der Waals surface area (Å²) in [5.41, 5.74) is 2.25. The third kappa shape index (κ3) is 3.76. The third-order valence-corrected chi connectivity index (χ3v) is 4.67. The van der Waals surface area contributed by atoms with Crippen molar-refractivity contribution in [3.8, 4) is 0 Å². The van der Waals surface area contributed by atoms with Gasteiger partial charge in [0.05, 0.1) is 11.1 Å². The number of nitrogens with zero attached hydrogens (tertiary/aromatic N) is 3. The van der Waals surface area contributed by atoms with Crippen LogP contribution in [-0.4, -0.2) is 21.1 Å². The number of fused-ring (bicyclic) bond motifs is 1. The second kappa shape index (κ2) is 7.49. The van der Waals surface area contributed by atoms with Crippen molar-refractivity contribution in [2.75, 3.05) is 5.32 Å². The zero-order valence-electron chi connectivity index (χ0n) is 13.9. The van der Waals surface area contributed by atoms with Gasteiger partial charge in [0.1, 0.15) is 5.01 Å². The van der Waals surface area contributed by atoms with Gasteiger partial charge in [0.15, 0.2) is 0 Å². The van der Waals surface area contributed by atoms with Crippen LogP contribution in [0.2, 0.25) is 0 Å². The predicted molar refractivity (Wildman–Crippen MR) is 97.6 cm³/mol. The lowest BCUT2D eigenvalue weighted by atomic mass is 10.1. The fourth-order valence-electron chi connectivity index (χ4n) is 2.59. The maximum absolute atomic E-state index is 12.6. The van der Waals surface area contributed by atoms with Gasteiger partial charge in [-0.1, -0.05) is 49.3 Å². The highest BCUT2D eigenvalue weighted by molar-refractivity contribution is 7.15. The van der Waals surface area contributed by atoms with Crippen molar-refractivity contribution in [1.82, 2.24) is 15.2 Å². The molecule has 5 nitrogen and oxygen atoms in total. The Morgan fingerprint density at radius 3 is 2.88 bits per heavy atom. The molecule has 0 bridgehead atoms. The van der Waals surface area contributed by atoms with E-state index in [1.165, 1.54) is 24.2 Å². The minimum absolute atomic E-state index is 0.173. The molecule has 6 heteroatoms. The number of amides is 1. The molecule has 0 radical (unpaired) electrons. The third-order valence-electron chi connectivity index (χ3n) is 3.77. The van der Waals surface area contributed by atoms with Gasteiger partial charge in [0.25, 0.3) is 5.91 Å². The highest BCUT2D eigenvalue weighted by Crippen LogP contribution is 2.22. The number of carbonyl (C=O) groups excluding carboxylic acids is 1. The van der Waals surface area contributed by atoms with Gasteiger partial charge in [0.2, 0.25) is 5.13 Å². The second-order valence-corrected chi connectivity index (χ2v) is 6.80. The first-order valence-corrected chi connectivity index (χ1v) is 8.99. The number of aryl methyl sites for hydroxylation is 2. The van der Waals surface area contributed by atoms with Crippen molar-refractivity contribution in [3.63, 3.8) is 0 Å². The number of nitrogens with one attached hydrogen (secondary N) is 1. The van der Waals surface area contributed by atoms with E-state index in [0.717, 1.165) is 34.4 Å². The average molecular weight is 340 g/mol. The Hall–Kier alpha value is -2.34. The van der Waals surface area contributed by atoms with E-state index in [0.29, 0.717) is 10.7 Å². The first kappa shape index (κ1) is 16.5. The Kier molecular flexibility index (Phi) is 5.15. The fourth-order valence-corrected chi connectivity index (χ4v) is 3.37. The lowest BCUT2D eigenvalue weighted by Gasteiger charge is -2.07. The molecular formula is C18H20N4OS. The molecule has 0 aliphatic carbocycles. The Labute approximate surface area is 145 Å². The van der Waals surface area contributed by atoms with Crippen LogP contribution in [0.4, 0.5) is 5.13 Å². The van der Waals surface area contributed by atoms with Crippen molar-refractivity contribution < 1.29 is 4.79 Å². The number of unbranched alkanes of at least 4 members (excludes halogenated alkanes) is 2. The zero-order chi connectivity index (χ0) is 16.9. The Morgan fingerprint density at radius 1 is 1.21 bits per heavy atom. The smallest absolute Gasteiger partial charge is 0.258 e. The number of rotatable bonds is 6. The van der Waals surface area contributed by atoms with Gasteiger partial charge < -0.3 is 0 Å². The summed E-state index contributed by atoms with van der Waals surface area (Å²) in [6.07, 6.45) is 4.38. The van der Waals surface area contributed by atoms with Crippen molar-refractivity contribution in [3.05, 3.63) is 46.6 Å². The van der Waals surface area contributed by atoms with Crippen LogP contribution in [0.3, 0.4) is 0 Å². The number of aromatic nitrogens is 3. The Bertz CT molecular complexity index is 859. The number of para-hydroxylation sites is 1. The van der Waals surface area contributed by atoms with E-state index in [1.807, 2.05) is 31.2 Å². The largest absolute Gasteiger partial charge is 0.296 e. The van der Waals surface area contributed by atoms with Gasteiger partial charge >= 0.3 is 0 Å². The van der Waals surface area contributed by atoms with Crippen LogP contribution in [0.1, 0.15) is 47.2 Å². The number of anilines is 1. The number of hydrogen-bond donors (Lipinski definition) is 1. The molecule has 2 heterocycles. The SMILES string of the molecule is CCCCCc1nnc(NC(=O)c2cc(C)nc3ccccc23)s1. The van der Waals surface area contributed by atoms with Crippen molar-refractivity contribution >= 4 is 33.3 Å². The van der Waals surface area contributed by atoms with Crippen LogP contribution in [0, 0.1) is 6.92 Å². The van der Waals surface area contributed by atoms with Crippen LogP contribution in [0.5, 0.6) is 0 Å². The predicted octanol–water partition coefficient (Wildman–Crippen LogP) is 4.38. The maximum Gasteiger partial charge on any atom is 0.258 e. The summed E-state index contributed by atoms with van der Waals surface area (Å²) < 4.78 is 0. The molecule has 3 aromatic rings. The average Bonchev–Trinajstić information content (AvgIpc) is 3.01. The molecule has 0 aliphatic rings. The van der Waals surface area contributed by atoms with E-state index in [2.05, 4.69) is 27.4 Å². The van der Waals surface area contributed by atoms with E-state index in [1.54, 1.807) is 6.07 Å². The van der Waals surface area contributed by atoms with Crippen LogP contribution in [0.25, 0.3) is 10.9 Å². The maximum atomic E-state index is 12.6. The minimum atomic E-state index is -0.173. The number of carbonyl (C=O) groups is 1. The minimum Gasteiger partial charge on any atom is -0.296 e. The first-order chi connectivity index (χ1) is 11.7. The highest BCUT2D eigenvalue weighted by Gasteiger charge is 2.14. The van der Waals surface area contributed by atoms with Gasteiger partial charge in [-0.25, -0.2) is 0 Å². The second-order valence-electron chi connectivity index (χ2n) is 5.74. The molecule has 2 aromatic heterocycles. The fraction of sp³-hybridized carbons (Fsp3) is 0.333. The van der Waals surface area contributed by atoms with Crippen molar-refractivity contribution in [2.24, 2.45) is 0 Å². The summed E-state index contributed by atoms with van der Waals surface area (Å²) in [6.45, 7) is 4.06. The van der Waals surface area contributed by atoms with Gasteiger partial charge in [-0.05, 0) is 25.5 Å². The molecule has 0 atom stereocenters. The molecule has 0 spiro atoms. The lowest BCUT2D eigenvalue weighted by molar-refractivity contribution is 0.102. The van der Waals surface area contributed by atoms with Gasteiger partial charge in [-0.2, -0.15) is 0 Å². The number of pyridine rings is 1. The molecule has 0 fully saturated rings. The number of benzene rings is 1. The highest BCUT2D eigenvalue weighted by atomic mass is 32.1. The van der Waals surface area contributed by atoms with Crippen LogP contribution >= 0.6 is 11.3 Å². The summed E-state index contributed by atoms with van der Waals surface area (Å²) in [6, 6.07) is 9.46. The van der Waals surface area contributed by atoms with Crippen LogP contribution < -0.4 is 5.32 Å². The van der Waals surface area contributed by atoms with Gasteiger partial charge in [-0.3, -0.25) is 15.1 Å². The van der Waals surface area contributed by atoms with Crippen LogP contribution in [-0.2, 0) is 6.42 Å². The molecule has 124 valence electrons. The molecular weight excluding hydrogens is 320 g/mol. The zero-order valence-corrected chi connectivity index (χ0v) is 14.7. The molecule has 24 heavy (non-hydrogen) atoms. The summed E-state index contributed by atoms with van der Waals surface area (Å²) >= 11 is 1.45. The normalized spacial score (nSPS) is 10.9. The lowest BCUT2D eigenvalue weighted by Crippen LogP contribution is -2.13. The summed E-state index contributed by atoms with van der Waals surface area (Å²) in [5.74, 6) is -0.173. The summed E-state index contributed by atoms with van der Waals surface area (Å²) in [4.78, 5) is 17.1. The van der Waals surface area contributed by atoms with Crippen molar-refractivity contribution in [1.29, 1.82) is 0 Å². The standard InChI is InChI=1S/C18H20N4OS/c1-3-4-5-10-16-21-22-18(24-16)20-17(23)14-11-12(2)19-15-9-7-6-8-13(14)15/h6-9,11H,3-5,10H2,1-2H3,(H,20,22,23). The van der Waals surface area contributed by atoms with E-state index >= 15 is 0 Å². The number of hydrogen-bond acceptors (Lipinski definition) is 5. The topological polar surface area (TPSA) is 67.8 Å². The molecule has 0 saturated heterocycles. The Balaban J connectivity index is 1.78. The molecule has 1 amide bonds.